The predicted molar refractivity (Wildman–Crippen MR) is 53.4 cm³/mol. The summed E-state index contributed by atoms with van der Waals surface area (Å²) in [7, 11) is 6.08. The van der Waals surface area contributed by atoms with Gasteiger partial charge in [0, 0.05) is 19.3 Å². The molecule has 0 aliphatic heterocycles. The number of hydrogen-bond donors (Lipinski definition) is 1. The third-order valence-corrected chi connectivity index (χ3v) is 1.74. The van der Waals surface area contributed by atoms with Gasteiger partial charge in [0.1, 0.15) is 0 Å². The Hall–Kier alpha value is -1.02. The van der Waals surface area contributed by atoms with Gasteiger partial charge in [-0.3, -0.25) is 0 Å². The maximum absolute atomic E-state index is 3.09. The second-order valence-corrected chi connectivity index (χ2v) is 3.18. The van der Waals surface area contributed by atoms with Gasteiger partial charge in [-0.2, -0.15) is 0 Å². The van der Waals surface area contributed by atoms with Crippen molar-refractivity contribution >= 4 is 5.69 Å². The summed E-state index contributed by atoms with van der Waals surface area (Å²) >= 11 is 0. The van der Waals surface area contributed by atoms with Crippen LogP contribution in [0.25, 0.3) is 0 Å². The Morgan fingerprint density at radius 2 is 1.75 bits per heavy atom. The van der Waals surface area contributed by atoms with Crippen LogP contribution in [0.15, 0.2) is 24.3 Å². The summed E-state index contributed by atoms with van der Waals surface area (Å²) in [5.41, 5.74) is 2.51. The van der Waals surface area contributed by atoms with Crippen LogP contribution >= 0.6 is 0 Å². The van der Waals surface area contributed by atoms with Crippen molar-refractivity contribution in [3.05, 3.63) is 29.8 Å². The number of nitrogens with zero attached hydrogens (tertiary/aromatic N) is 1. The minimum absolute atomic E-state index is 1.00. The highest BCUT2D eigenvalue weighted by molar-refractivity contribution is 5.43. The van der Waals surface area contributed by atoms with E-state index < -0.39 is 0 Å². The van der Waals surface area contributed by atoms with E-state index in [9.17, 15) is 0 Å². The first-order chi connectivity index (χ1) is 5.72. The van der Waals surface area contributed by atoms with Crippen molar-refractivity contribution in [2.75, 3.05) is 26.5 Å². The number of benzene rings is 1. The van der Waals surface area contributed by atoms with Crippen LogP contribution in [0.1, 0.15) is 5.56 Å². The fraction of sp³-hybridized carbons (Fsp3) is 0.400. The number of hydrogen-bond acceptors (Lipinski definition) is 2. The molecule has 0 saturated heterocycles. The normalized spacial score (nSPS) is 10.3. The van der Waals surface area contributed by atoms with Crippen LogP contribution in [0.3, 0.4) is 0 Å². The van der Waals surface area contributed by atoms with Crippen LogP contribution in [0.4, 0.5) is 5.69 Å². The van der Waals surface area contributed by atoms with Crippen LogP contribution in [0.2, 0.25) is 0 Å². The highest BCUT2D eigenvalue weighted by atomic mass is 15.0. The minimum atomic E-state index is 1.00. The Morgan fingerprint density at radius 1 is 1.17 bits per heavy atom. The standard InChI is InChI=1S/C10H16N2/c1-11-10-6-4-9(5-7-10)8-12(2)3/h4-7,11H,8H2,1-3H3. The Bertz CT molecular complexity index is 226. The maximum atomic E-state index is 3.09. The molecule has 0 heterocycles. The van der Waals surface area contributed by atoms with E-state index in [-0.39, 0.29) is 0 Å². The first kappa shape index (κ1) is 9.07. The van der Waals surface area contributed by atoms with Crippen molar-refractivity contribution in [3.8, 4) is 0 Å². The molecule has 2 heteroatoms. The summed E-state index contributed by atoms with van der Waals surface area (Å²) in [4.78, 5) is 2.16. The van der Waals surface area contributed by atoms with E-state index in [1.165, 1.54) is 5.56 Å². The van der Waals surface area contributed by atoms with Gasteiger partial charge >= 0.3 is 0 Å². The van der Waals surface area contributed by atoms with E-state index in [1.54, 1.807) is 0 Å². The number of anilines is 1. The maximum Gasteiger partial charge on any atom is 0.0337 e. The van der Waals surface area contributed by atoms with Crippen LogP contribution < -0.4 is 5.32 Å². The monoisotopic (exact) mass is 164 g/mol. The smallest absolute Gasteiger partial charge is 0.0337 e. The van der Waals surface area contributed by atoms with E-state index in [1.807, 2.05) is 7.05 Å². The molecule has 0 radical (unpaired) electrons. The first-order valence-electron chi connectivity index (χ1n) is 4.14. The lowest BCUT2D eigenvalue weighted by Crippen LogP contribution is -2.10. The lowest BCUT2D eigenvalue weighted by molar-refractivity contribution is 0.402. The minimum Gasteiger partial charge on any atom is -0.388 e. The van der Waals surface area contributed by atoms with Crippen LogP contribution in [0.5, 0.6) is 0 Å². The Balaban J connectivity index is 2.65. The molecule has 12 heavy (non-hydrogen) atoms. The van der Waals surface area contributed by atoms with Gasteiger partial charge in [-0.25, -0.2) is 0 Å². The van der Waals surface area contributed by atoms with Gasteiger partial charge in [0.25, 0.3) is 0 Å². The molecule has 0 aliphatic carbocycles. The van der Waals surface area contributed by atoms with Gasteiger partial charge in [-0.1, -0.05) is 12.1 Å². The Labute approximate surface area is 74.2 Å². The molecule has 0 saturated carbocycles. The molecule has 2 nitrogen and oxygen atoms in total. The van der Waals surface area contributed by atoms with Gasteiger partial charge < -0.3 is 10.2 Å². The van der Waals surface area contributed by atoms with Gasteiger partial charge in [0.15, 0.2) is 0 Å². The summed E-state index contributed by atoms with van der Waals surface area (Å²) in [6.07, 6.45) is 0. The van der Waals surface area contributed by atoms with E-state index in [2.05, 4.69) is 48.6 Å². The fourth-order valence-corrected chi connectivity index (χ4v) is 1.14. The van der Waals surface area contributed by atoms with Crippen LogP contribution in [0, 0.1) is 0 Å². The van der Waals surface area contributed by atoms with Crippen molar-refractivity contribution < 1.29 is 0 Å². The van der Waals surface area contributed by atoms with Gasteiger partial charge in [-0.05, 0) is 31.8 Å². The topological polar surface area (TPSA) is 15.3 Å². The SMILES string of the molecule is CNc1ccc(CN(C)C)cc1. The molecular formula is C10H16N2. The second-order valence-electron chi connectivity index (χ2n) is 3.18. The molecule has 0 spiro atoms. The van der Waals surface area contributed by atoms with Crippen LogP contribution in [-0.2, 0) is 6.54 Å². The lowest BCUT2D eigenvalue weighted by atomic mass is 10.2. The lowest BCUT2D eigenvalue weighted by Gasteiger charge is -2.09. The molecular weight excluding hydrogens is 148 g/mol. The molecule has 66 valence electrons. The average Bonchev–Trinajstić information content (AvgIpc) is 2.05. The van der Waals surface area contributed by atoms with E-state index >= 15 is 0 Å². The van der Waals surface area contributed by atoms with Gasteiger partial charge in [0.2, 0.25) is 0 Å². The van der Waals surface area contributed by atoms with Crippen molar-refractivity contribution in [2.24, 2.45) is 0 Å². The summed E-state index contributed by atoms with van der Waals surface area (Å²) in [6.45, 7) is 1.00. The molecule has 1 rings (SSSR count). The Kier molecular flexibility index (Phi) is 3.11. The van der Waals surface area contributed by atoms with E-state index in [0.717, 1.165) is 12.2 Å². The molecule has 0 bridgehead atoms. The quantitative estimate of drug-likeness (QED) is 0.732. The second kappa shape index (κ2) is 4.12. The summed E-state index contributed by atoms with van der Waals surface area (Å²) in [6, 6.07) is 8.48. The Morgan fingerprint density at radius 3 is 2.17 bits per heavy atom. The predicted octanol–water partition coefficient (Wildman–Crippen LogP) is 1.79. The van der Waals surface area contributed by atoms with E-state index in [0.29, 0.717) is 0 Å². The fourth-order valence-electron chi connectivity index (χ4n) is 1.14. The molecule has 1 aromatic rings. The molecule has 0 fully saturated rings. The zero-order valence-corrected chi connectivity index (χ0v) is 7.96. The van der Waals surface area contributed by atoms with Crippen molar-refractivity contribution in [3.63, 3.8) is 0 Å². The van der Waals surface area contributed by atoms with Crippen molar-refractivity contribution in [1.82, 2.24) is 4.90 Å². The summed E-state index contributed by atoms with van der Waals surface area (Å²) in [5.74, 6) is 0. The average molecular weight is 164 g/mol. The molecule has 0 aliphatic rings. The number of nitrogens with one attached hydrogen (secondary N) is 1. The van der Waals surface area contributed by atoms with Gasteiger partial charge in [-0.15, -0.1) is 0 Å². The zero-order chi connectivity index (χ0) is 8.97. The van der Waals surface area contributed by atoms with E-state index in [4.69, 9.17) is 0 Å². The van der Waals surface area contributed by atoms with Crippen molar-refractivity contribution in [2.45, 2.75) is 6.54 Å². The molecule has 0 atom stereocenters. The molecule has 0 aromatic heterocycles. The highest BCUT2D eigenvalue weighted by Gasteiger charge is 1.93. The first-order valence-corrected chi connectivity index (χ1v) is 4.14. The summed E-state index contributed by atoms with van der Waals surface area (Å²) < 4.78 is 0. The molecule has 0 unspecified atom stereocenters. The molecule has 1 N–H and O–H groups in total. The molecule has 0 amide bonds. The largest absolute Gasteiger partial charge is 0.388 e. The third-order valence-electron chi connectivity index (χ3n) is 1.74. The highest BCUT2D eigenvalue weighted by Crippen LogP contribution is 2.09. The van der Waals surface area contributed by atoms with Crippen molar-refractivity contribution in [1.29, 1.82) is 0 Å². The zero-order valence-electron chi connectivity index (χ0n) is 7.96. The molecule has 1 aromatic carbocycles. The third kappa shape index (κ3) is 2.55. The van der Waals surface area contributed by atoms with Crippen LogP contribution in [-0.4, -0.2) is 26.0 Å². The van der Waals surface area contributed by atoms with Gasteiger partial charge in [0.05, 0.1) is 0 Å². The summed E-state index contributed by atoms with van der Waals surface area (Å²) in [5, 5.41) is 3.09. The number of rotatable bonds is 3.